The molecule has 0 aromatic heterocycles. The minimum absolute atomic E-state index is 0.00519. The van der Waals surface area contributed by atoms with Gasteiger partial charge in [0.25, 0.3) is 0 Å². The molecule has 4 heteroatoms. The minimum Gasteiger partial charge on any atom is -0.324 e. The predicted octanol–water partition coefficient (Wildman–Crippen LogP) is 3.08. The summed E-state index contributed by atoms with van der Waals surface area (Å²) in [6, 6.07) is 9.57. The van der Waals surface area contributed by atoms with Gasteiger partial charge in [-0.05, 0) is 25.0 Å². The number of hydrogen-bond donors (Lipinski definition) is 1. The van der Waals surface area contributed by atoms with Crippen LogP contribution in [0.5, 0.6) is 0 Å². The third-order valence-corrected chi connectivity index (χ3v) is 3.65. The molecule has 0 bridgehead atoms. The number of hydrogen-bond acceptors (Lipinski definition) is 1. The number of amides is 2. The summed E-state index contributed by atoms with van der Waals surface area (Å²) in [6.07, 6.45) is 2.06. The molecule has 0 spiro atoms. The van der Waals surface area contributed by atoms with E-state index in [0.717, 1.165) is 31.6 Å². The van der Waals surface area contributed by atoms with Crippen molar-refractivity contribution in [3.05, 3.63) is 30.3 Å². The fraction of sp³-hybridized carbons (Fsp3) is 0.417. The molecule has 0 unspecified atom stereocenters. The molecule has 0 radical (unpaired) electrons. The van der Waals surface area contributed by atoms with Gasteiger partial charge in [0.1, 0.15) is 0 Å². The number of piperidine rings is 1. The van der Waals surface area contributed by atoms with Gasteiger partial charge in [-0.3, -0.25) is 0 Å². The molecule has 1 N–H and O–H groups in total. The number of anilines is 1. The van der Waals surface area contributed by atoms with Crippen molar-refractivity contribution in [1.29, 1.82) is 0 Å². The van der Waals surface area contributed by atoms with Crippen LogP contribution in [-0.2, 0) is 0 Å². The van der Waals surface area contributed by atoms with Crippen LogP contribution in [0.1, 0.15) is 12.8 Å². The van der Waals surface area contributed by atoms with E-state index in [1.165, 1.54) is 0 Å². The summed E-state index contributed by atoms with van der Waals surface area (Å²) in [5.74, 6) is 0. The van der Waals surface area contributed by atoms with Crippen molar-refractivity contribution < 1.29 is 4.79 Å². The molecule has 0 atom stereocenters. The number of carbonyl (C=O) groups excluding carboxylic acids is 1. The van der Waals surface area contributed by atoms with Crippen molar-refractivity contribution in [3.63, 3.8) is 0 Å². The van der Waals surface area contributed by atoms with Crippen LogP contribution in [0.2, 0.25) is 0 Å². The zero-order valence-electron chi connectivity index (χ0n) is 9.03. The molecule has 1 aliphatic rings. The van der Waals surface area contributed by atoms with Gasteiger partial charge in [-0.2, -0.15) is 0 Å². The number of nitrogens with one attached hydrogen (secondary N) is 1. The van der Waals surface area contributed by atoms with E-state index < -0.39 is 0 Å². The summed E-state index contributed by atoms with van der Waals surface area (Å²) in [7, 11) is 0. The highest BCUT2D eigenvalue weighted by Gasteiger charge is 2.20. The number of rotatable bonds is 1. The van der Waals surface area contributed by atoms with Gasteiger partial charge in [0.15, 0.2) is 0 Å². The number of alkyl halides is 1. The van der Waals surface area contributed by atoms with E-state index >= 15 is 0 Å². The molecular formula is C12H15BrN2O. The molecule has 1 heterocycles. The van der Waals surface area contributed by atoms with Crippen molar-refractivity contribution in [2.24, 2.45) is 0 Å². The van der Waals surface area contributed by atoms with Crippen molar-refractivity contribution in [2.75, 3.05) is 18.4 Å². The lowest BCUT2D eigenvalue weighted by atomic mass is 10.1. The zero-order chi connectivity index (χ0) is 11.4. The highest BCUT2D eigenvalue weighted by atomic mass is 79.9. The number of benzene rings is 1. The standard InChI is InChI=1S/C12H15BrN2O/c13-10-6-8-15(9-7-10)12(16)14-11-4-2-1-3-5-11/h1-5,10H,6-9H2,(H,14,16). The fourth-order valence-electron chi connectivity index (χ4n) is 1.78. The zero-order valence-corrected chi connectivity index (χ0v) is 10.6. The first-order valence-corrected chi connectivity index (χ1v) is 6.42. The summed E-state index contributed by atoms with van der Waals surface area (Å²) < 4.78 is 0. The third-order valence-electron chi connectivity index (χ3n) is 2.74. The maximum absolute atomic E-state index is 11.9. The Morgan fingerprint density at radius 1 is 1.25 bits per heavy atom. The molecular weight excluding hydrogens is 268 g/mol. The Kier molecular flexibility index (Phi) is 3.83. The van der Waals surface area contributed by atoms with E-state index in [2.05, 4.69) is 21.2 Å². The number of carbonyl (C=O) groups is 1. The fourth-order valence-corrected chi connectivity index (χ4v) is 2.18. The van der Waals surface area contributed by atoms with Crippen LogP contribution < -0.4 is 5.32 Å². The molecule has 1 saturated heterocycles. The van der Waals surface area contributed by atoms with Gasteiger partial charge in [0.05, 0.1) is 0 Å². The van der Waals surface area contributed by atoms with E-state index in [0.29, 0.717) is 4.83 Å². The highest BCUT2D eigenvalue weighted by molar-refractivity contribution is 9.09. The Bertz CT molecular complexity index is 347. The predicted molar refractivity (Wildman–Crippen MR) is 69.0 cm³/mol. The van der Waals surface area contributed by atoms with Gasteiger partial charge in [0.2, 0.25) is 0 Å². The first kappa shape index (κ1) is 11.5. The van der Waals surface area contributed by atoms with Crippen LogP contribution in [0.4, 0.5) is 10.5 Å². The second-order valence-corrected chi connectivity index (χ2v) is 5.25. The quantitative estimate of drug-likeness (QED) is 0.789. The van der Waals surface area contributed by atoms with Crippen LogP contribution in [0.3, 0.4) is 0 Å². The topological polar surface area (TPSA) is 32.3 Å². The molecule has 16 heavy (non-hydrogen) atoms. The Hall–Kier alpha value is -1.03. The van der Waals surface area contributed by atoms with E-state index in [4.69, 9.17) is 0 Å². The normalized spacial score (nSPS) is 17.2. The minimum atomic E-state index is 0.00519. The van der Waals surface area contributed by atoms with Gasteiger partial charge in [-0.25, -0.2) is 4.79 Å². The second kappa shape index (κ2) is 5.34. The van der Waals surface area contributed by atoms with Crippen LogP contribution in [0.15, 0.2) is 30.3 Å². The van der Waals surface area contributed by atoms with Crippen LogP contribution in [0, 0.1) is 0 Å². The number of para-hydroxylation sites is 1. The largest absolute Gasteiger partial charge is 0.324 e. The number of nitrogens with zero attached hydrogens (tertiary/aromatic N) is 1. The molecule has 2 amide bonds. The number of halogens is 1. The maximum Gasteiger partial charge on any atom is 0.321 e. The molecule has 86 valence electrons. The smallest absolute Gasteiger partial charge is 0.321 e. The highest BCUT2D eigenvalue weighted by Crippen LogP contribution is 2.18. The summed E-state index contributed by atoms with van der Waals surface area (Å²) in [4.78, 5) is 14.3. The lowest BCUT2D eigenvalue weighted by Gasteiger charge is -2.29. The van der Waals surface area contributed by atoms with Crippen molar-refractivity contribution >= 4 is 27.6 Å². The molecule has 2 rings (SSSR count). The van der Waals surface area contributed by atoms with Crippen LogP contribution in [-0.4, -0.2) is 28.8 Å². The van der Waals surface area contributed by atoms with Crippen LogP contribution >= 0.6 is 15.9 Å². The van der Waals surface area contributed by atoms with Gasteiger partial charge in [0, 0.05) is 23.6 Å². The van der Waals surface area contributed by atoms with Gasteiger partial charge in [-0.15, -0.1) is 0 Å². The molecule has 1 fully saturated rings. The first-order chi connectivity index (χ1) is 7.75. The monoisotopic (exact) mass is 282 g/mol. The summed E-state index contributed by atoms with van der Waals surface area (Å²) in [6.45, 7) is 1.66. The van der Waals surface area contributed by atoms with E-state index in [-0.39, 0.29) is 6.03 Å². The van der Waals surface area contributed by atoms with Crippen molar-refractivity contribution in [1.82, 2.24) is 4.90 Å². The SMILES string of the molecule is O=C(Nc1ccccc1)N1CCC(Br)CC1. The maximum atomic E-state index is 11.9. The molecule has 0 aliphatic carbocycles. The second-order valence-electron chi connectivity index (χ2n) is 3.96. The van der Waals surface area contributed by atoms with Crippen molar-refractivity contribution in [2.45, 2.75) is 17.7 Å². The Morgan fingerprint density at radius 3 is 2.50 bits per heavy atom. The average molecular weight is 283 g/mol. The molecule has 1 aromatic carbocycles. The van der Waals surface area contributed by atoms with E-state index in [1.54, 1.807) is 0 Å². The average Bonchev–Trinajstić information content (AvgIpc) is 2.31. The Balaban J connectivity index is 1.89. The van der Waals surface area contributed by atoms with Gasteiger partial charge in [-0.1, -0.05) is 34.1 Å². The van der Waals surface area contributed by atoms with Gasteiger partial charge < -0.3 is 10.2 Å². The summed E-state index contributed by atoms with van der Waals surface area (Å²) >= 11 is 3.57. The third kappa shape index (κ3) is 2.98. The van der Waals surface area contributed by atoms with Crippen LogP contribution in [0.25, 0.3) is 0 Å². The van der Waals surface area contributed by atoms with E-state index in [1.807, 2.05) is 35.2 Å². The summed E-state index contributed by atoms with van der Waals surface area (Å²) in [5.41, 5.74) is 0.855. The molecule has 0 saturated carbocycles. The molecule has 3 nitrogen and oxygen atoms in total. The lowest BCUT2D eigenvalue weighted by molar-refractivity contribution is 0.201. The first-order valence-electron chi connectivity index (χ1n) is 5.51. The Labute approximate surface area is 104 Å². The lowest BCUT2D eigenvalue weighted by Crippen LogP contribution is -2.41. The number of urea groups is 1. The number of likely N-dealkylation sites (tertiary alicyclic amines) is 1. The molecule has 1 aromatic rings. The van der Waals surface area contributed by atoms with E-state index in [9.17, 15) is 4.79 Å². The Morgan fingerprint density at radius 2 is 1.88 bits per heavy atom. The summed E-state index contributed by atoms with van der Waals surface area (Å²) in [5, 5.41) is 2.90. The molecule has 1 aliphatic heterocycles. The van der Waals surface area contributed by atoms with Gasteiger partial charge >= 0.3 is 6.03 Å². The van der Waals surface area contributed by atoms with Crippen molar-refractivity contribution in [3.8, 4) is 0 Å².